The second-order valence-corrected chi connectivity index (χ2v) is 9.61. The lowest BCUT2D eigenvalue weighted by Crippen LogP contribution is -2.23. The number of amides is 2. The summed E-state index contributed by atoms with van der Waals surface area (Å²) >= 11 is 0. The van der Waals surface area contributed by atoms with Gasteiger partial charge in [0.05, 0.1) is 18.7 Å². The Bertz CT molecular complexity index is 1820. The number of carbonyl (C=O) groups is 2. The van der Waals surface area contributed by atoms with E-state index in [0.717, 1.165) is 12.1 Å². The second-order valence-electron chi connectivity index (χ2n) is 9.61. The fourth-order valence-corrected chi connectivity index (χ4v) is 4.55. The third-order valence-electron chi connectivity index (χ3n) is 6.47. The molecule has 5 rings (SSSR count). The lowest BCUT2D eigenvalue weighted by molar-refractivity contribution is -0.114. The van der Waals surface area contributed by atoms with E-state index >= 15 is 0 Å². The van der Waals surface area contributed by atoms with E-state index in [2.05, 4.69) is 31.0 Å². The quantitative estimate of drug-likeness (QED) is 0.161. The van der Waals surface area contributed by atoms with Gasteiger partial charge < -0.3 is 25.8 Å². The van der Waals surface area contributed by atoms with Gasteiger partial charge >= 0.3 is 6.09 Å². The number of anilines is 3. The summed E-state index contributed by atoms with van der Waals surface area (Å²) in [6.07, 6.45) is 2.17. The first kappa shape index (κ1) is 29.8. The topological polar surface area (TPSA) is 156 Å². The number of aromatic nitrogens is 5. The molecule has 0 spiro atoms. The summed E-state index contributed by atoms with van der Waals surface area (Å²) in [5.74, 6) is -0.787. The highest BCUT2D eigenvalue weighted by Crippen LogP contribution is 2.30. The van der Waals surface area contributed by atoms with Crippen molar-refractivity contribution in [3.05, 3.63) is 83.7 Å². The maximum atomic E-state index is 14.9. The molecule has 2 amide bonds. The number of carboxylic acid groups (broad SMARTS) is 1. The van der Waals surface area contributed by atoms with Crippen molar-refractivity contribution in [3.8, 4) is 17.3 Å². The normalized spacial score (nSPS) is 10.9. The van der Waals surface area contributed by atoms with Crippen molar-refractivity contribution in [2.45, 2.75) is 26.8 Å². The number of carbonyl (C=O) groups excluding carboxylic acids is 1. The van der Waals surface area contributed by atoms with E-state index in [4.69, 9.17) is 14.8 Å². The van der Waals surface area contributed by atoms with E-state index in [0.29, 0.717) is 39.5 Å². The van der Waals surface area contributed by atoms with Crippen LogP contribution in [0.3, 0.4) is 0 Å². The summed E-state index contributed by atoms with van der Waals surface area (Å²) in [7, 11) is 0. The first-order chi connectivity index (χ1) is 21.2. The molecule has 0 fully saturated rings. The maximum absolute atomic E-state index is 14.9. The number of hydrogen-bond acceptors (Lipinski definition) is 8. The Morgan fingerprint density at radius 3 is 2.57 bits per heavy atom. The number of pyridine rings is 1. The zero-order valence-corrected chi connectivity index (χ0v) is 23.8. The number of para-hydroxylation sites is 1. The summed E-state index contributed by atoms with van der Waals surface area (Å²) in [5.41, 5.74) is 1.96. The summed E-state index contributed by atoms with van der Waals surface area (Å²) in [6.45, 7) is 3.28. The predicted octanol–water partition coefficient (Wildman–Crippen LogP) is 5.13. The minimum Gasteiger partial charge on any atom is -0.494 e. The van der Waals surface area contributed by atoms with Crippen LogP contribution in [-0.2, 0) is 17.8 Å². The molecule has 3 heterocycles. The zero-order chi connectivity index (χ0) is 31.2. The van der Waals surface area contributed by atoms with Crippen LogP contribution in [0, 0.1) is 11.6 Å². The maximum Gasteiger partial charge on any atom is 0.404 e. The zero-order valence-electron chi connectivity index (χ0n) is 23.8. The molecule has 12 nitrogen and oxygen atoms in total. The fourth-order valence-electron chi connectivity index (χ4n) is 4.55. The van der Waals surface area contributed by atoms with Gasteiger partial charge in [0.25, 0.3) is 0 Å². The average molecular weight is 603 g/mol. The van der Waals surface area contributed by atoms with Gasteiger partial charge in [0.2, 0.25) is 5.91 Å². The molecule has 0 atom stereocenters. The van der Waals surface area contributed by atoms with Gasteiger partial charge in [-0.2, -0.15) is 5.10 Å². The number of ether oxygens (including phenoxy) is 1. The van der Waals surface area contributed by atoms with E-state index in [1.165, 1.54) is 17.8 Å². The number of halogens is 2. The van der Waals surface area contributed by atoms with Crippen molar-refractivity contribution < 1.29 is 28.2 Å². The van der Waals surface area contributed by atoms with Crippen LogP contribution in [0.4, 0.5) is 30.9 Å². The van der Waals surface area contributed by atoms with Gasteiger partial charge in [0, 0.05) is 66.3 Å². The molecule has 2 aromatic carbocycles. The molecule has 4 N–H and O–H groups in total. The van der Waals surface area contributed by atoms with Gasteiger partial charge in [-0.25, -0.2) is 28.5 Å². The van der Waals surface area contributed by atoms with Crippen LogP contribution in [0.1, 0.15) is 25.0 Å². The van der Waals surface area contributed by atoms with Crippen LogP contribution in [-0.4, -0.2) is 55.0 Å². The molecule has 0 aliphatic rings. The van der Waals surface area contributed by atoms with Gasteiger partial charge in [0.15, 0.2) is 5.82 Å². The molecule has 0 bridgehead atoms. The Morgan fingerprint density at radius 1 is 1.07 bits per heavy atom. The molecule has 5 aromatic rings. The van der Waals surface area contributed by atoms with Crippen molar-refractivity contribution in [1.29, 1.82) is 0 Å². The van der Waals surface area contributed by atoms with Gasteiger partial charge in [-0.15, -0.1) is 0 Å². The van der Waals surface area contributed by atoms with E-state index in [-0.39, 0.29) is 49.2 Å². The Balaban J connectivity index is 1.54. The first-order valence-corrected chi connectivity index (χ1v) is 13.6. The molecule has 0 saturated carbocycles. The number of hydrogen-bond donors (Lipinski definition) is 4. The molecule has 0 unspecified atom stereocenters. The van der Waals surface area contributed by atoms with Gasteiger partial charge in [-0.1, -0.05) is 18.2 Å². The monoisotopic (exact) mass is 602 g/mol. The van der Waals surface area contributed by atoms with Crippen molar-refractivity contribution >= 4 is 40.2 Å². The highest BCUT2D eigenvalue weighted by atomic mass is 19.1. The molecule has 226 valence electrons. The Labute approximate surface area is 250 Å². The minimum atomic E-state index is -1.16. The third kappa shape index (κ3) is 6.86. The highest BCUT2D eigenvalue weighted by molar-refractivity contribution is 5.92. The molecular formula is C30H28F2N8O4. The van der Waals surface area contributed by atoms with Crippen molar-refractivity contribution in [3.63, 3.8) is 0 Å². The Kier molecular flexibility index (Phi) is 8.88. The van der Waals surface area contributed by atoms with Crippen LogP contribution >= 0.6 is 0 Å². The summed E-state index contributed by atoms with van der Waals surface area (Å²) < 4.78 is 36.6. The SMILES string of the molecule is CCOc1cc(F)c(Cn2nc(-c3ncc(CCNC(=O)O)c(Nc4ccnc(NC(C)=O)c4)n3)c3ccccc32)c(F)c1. The fraction of sp³-hybridized carbons (Fsp3) is 0.200. The van der Waals surface area contributed by atoms with Gasteiger partial charge in [0.1, 0.15) is 34.7 Å². The minimum absolute atomic E-state index is 0.0997. The number of nitrogens with one attached hydrogen (secondary N) is 3. The number of rotatable bonds is 11. The third-order valence-corrected chi connectivity index (χ3v) is 6.47. The molecule has 3 aromatic heterocycles. The molecule has 0 saturated heterocycles. The summed E-state index contributed by atoms with van der Waals surface area (Å²) in [6, 6.07) is 12.8. The van der Waals surface area contributed by atoms with Gasteiger partial charge in [-0.05, 0) is 25.5 Å². The van der Waals surface area contributed by atoms with Gasteiger partial charge in [-0.3, -0.25) is 9.48 Å². The molecule has 0 radical (unpaired) electrons. The smallest absolute Gasteiger partial charge is 0.404 e. The Morgan fingerprint density at radius 2 is 1.84 bits per heavy atom. The highest BCUT2D eigenvalue weighted by Gasteiger charge is 2.20. The molecule has 0 aliphatic heterocycles. The van der Waals surface area contributed by atoms with Crippen LogP contribution in [0.25, 0.3) is 22.4 Å². The summed E-state index contributed by atoms with van der Waals surface area (Å²) in [5, 5.41) is 22.5. The second kappa shape index (κ2) is 13.1. The van der Waals surface area contributed by atoms with E-state index in [1.54, 1.807) is 37.4 Å². The van der Waals surface area contributed by atoms with E-state index < -0.39 is 17.7 Å². The number of benzene rings is 2. The number of nitrogens with zero attached hydrogens (tertiary/aromatic N) is 5. The lowest BCUT2D eigenvalue weighted by Gasteiger charge is -2.13. The first-order valence-electron chi connectivity index (χ1n) is 13.6. The molecule has 44 heavy (non-hydrogen) atoms. The van der Waals surface area contributed by atoms with Crippen LogP contribution < -0.4 is 20.7 Å². The lowest BCUT2D eigenvalue weighted by atomic mass is 10.1. The van der Waals surface area contributed by atoms with E-state index in [1.807, 2.05) is 12.1 Å². The predicted molar refractivity (Wildman–Crippen MR) is 159 cm³/mol. The standard InChI is InChI=1S/C30H28F2N8O4/c1-3-44-20-13-23(31)22(24(32)14-20)16-40-25-7-5-4-6-21(25)27(39-40)29-35-15-18(8-10-34-30(42)43)28(38-29)37-19-9-11-33-26(12-19)36-17(2)41/h4-7,9,11-15,34H,3,8,10,16H2,1-2H3,(H,42,43)(H2,33,35,36,37,38,41). The molecular weight excluding hydrogens is 574 g/mol. The number of fused-ring (bicyclic) bond motifs is 1. The molecule has 14 heteroatoms. The average Bonchev–Trinajstić information content (AvgIpc) is 3.34. The largest absolute Gasteiger partial charge is 0.494 e. The van der Waals surface area contributed by atoms with Crippen LogP contribution in [0.5, 0.6) is 5.75 Å². The summed E-state index contributed by atoms with van der Waals surface area (Å²) in [4.78, 5) is 35.9. The molecule has 0 aliphatic carbocycles. The van der Waals surface area contributed by atoms with Crippen molar-refractivity contribution in [1.82, 2.24) is 30.0 Å². The van der Waals surface area contributed by atoms with Crippen LogP contribution in [0.2, 0.25) is 0 Å². The Hall–Kier alpha value is -5.66. The van der Waals surface area contributed by atoms with Crippen molar-refractivity contribution in [2.75, 3.05) is 23.8 Å². The van der Waals surface area contributed by atoms with Crippen LogP contribution in [0.15, 0.2) is 60.9 Å². The van der Waals surface area contributed by atoms with Crippen molar-refractivity contribution in [2.24, 2.45) is 0 Å². The van der Waals surface area contributed by atoms with E-state index in [9.17, 15) is 18.4 Å².